The summed E-state index contributed by atoms with van der Waals surface area (Å²) < 4.78 is 39.0. The Morgan fingerprint density at radius 3 is 1.66 bits per heavy atom. The molecule has 0 bridgehead atoms. The number of ether oxygens (including phenoxy) is 6. The molecule has 1 aliphatic rings. The molecular formula is C39H68O8. The number of hydrogen-bond acceptors (Lipinski definition) is 8. The minimum atomic E-state index is -0.414. The molecule has 0 spiro atoms. The zero-order chi connectivity index (χ0) is 34.4. The number of rotatable bonds is 27. The van der Waals surface area contributed by atoms with Gasteiger partial charge in [0.25, 0.3) is 0 Å². The molecule has 0 aliphatic heterocycles. The first-order valence-electron chi connectivity index (χ1n) is 19.0. The van der Waals surface area contributed by atoms with Crippen LogP contribution in [0.4, 0.5) is 0 Å². The summed E-state index contributed by atoms with van der Waals surface area (Å²) in [6.45, 7) is 18.3. The Morgan fingerprint density at radius 2 is 1.13 bits per heavy atom. The van der Waals surface area contributed by atoms with Crippen molar-refractivity contribution < 1.29 is 38.3 Å². The van der Waals surface area contributed by atoms with Crippen molar-refractivity contribution in [2.75, 3.05) is 46.2 Å². The summed E-state index contributed by atoms with van der Waals surface area (Å²) in [6.07, 6.45) is 11.2. The number of phenols is 1. The zero-order valence-corrected chi connectivity index (χ0v) is 30.9. The summed E-state index contributed by atoms with van der Waals surface area (Å²) in [7, 11) is 0. The molecule has 8 heteroatoms. The number of ketones is 1. The van der Waals surface area contributed by atoms with Crippen LogP contribution in [0.15, 0.2) is 6.07 Å². The molecule has 5 atom stereocenters. The van der Waals surface area contributed by atoms with Crippen LogP contribution in [-0.4, -0.2) is 75.4 Å². The van der Waals surface area contributed by atoms with Crippen LogP contribution in [0.3, 0.4) is 0 Å². The summed E-state index contributed by atoms with van der Waals surface area (Å²) in [4.78, 5) is 13.1. The van der Waals surface area contributed by atoms with Crippen LogP contribution < -0.4 is 9.47 Å². The summed E-state index contributed by atoms with van der Waals surface area (Å²) in [5.74, 6) is 0.277. The second-order valence-corrected chi connectivity index (χ2v) is 13.1. The molecule has 47 heavy (non-hydrogen) atoms. The van der Waals surface area contributed by atoms with Crippen molar-refractivity contribution in [1.29, 1.82) is 0 Å². The Labute approximate surface area is 286 Å². The van der Waals surface area contributed by atoms with E-state index in [0.717, 1.165) is 77.0 Å². The van der Waals surface area contributed by atoms with Gasteiger partial charge in [-0.05, 0) is 51.9 Å². The van der Waals surface area contributed by atoms with Gasteiger partial charge < -0.3 is 33.5 Å². The molecule has 1 aromatic rings. The lowest BCUT2D eigenvalue weighted by molar-refractivity contribution is -0.191. The van der Waals surface area contributed by atoms with Gasteiger partial charge in [-0.3, -0.25) is 4.79 Å². The van der Waals surface area contributed by atoms with Crippen LogP contribution in [-0.2, 0) is 18.9 Å². The van der Waals surface area contributed by atoms with Crippen molar-refractivity contribution >= 4 is 5.78 Å². The second kappa shape index (κ2) is 24.3. The molecule has 2 rings (SSSR count). The lowest BCUT2D eigenvalue weighted by Crippen LogP contribution is -2.55. The van der Waals surface area contributed by atoms with E-state index in [4.69, 9.17) is 28.4 Å². The SMILES string of the molecule is CCCCOCC1CC(c2c(OCCCC)cc(OCCCC)c(C(C)=O)c2O)C(OCCCC)C(OCCCC)C1OCCCC. The molecule has 0 saturated heterocycles. The van der Waals surface area contributed by atoms with E-state index in [1.807, 2.05) is 6.07 Å². The summed E-state index contributed by atoms with van der Waals surface area (Å²) >= 11 is 0. The van der Waals surface area contributed by atoms with Gasteiger partial charge >= 0.3 is 0 Å². The highest BCUT2D eigenvalue weighted by atomic mass is 16.6. The average Bonchev–Trinajstić information content (AvgIpc) is 3.05. The standard InChI is InChI=1S/C39H68O8/c1-8-14-20-42-28-30-26-31(38(46-24-18-12-5)39(47-25-19-13-6)37(30)45-23-17-11-4)35-33(44-22-16-10-3)27-32(43-21-15-9-2)34(29(7)40)36(35)41/h27,30-31,37-39,41H,8-26,28H2,1-7H3. The normalized spacial score (nSPS) is 21.2. The Bertz CT molecular complexity index is 982. The maximum atomic E-state index is 13.1. The van der Waals surface area contributed by atoms with Crippen molar-refractivity contribution in [1.82, 2.24) is 0 Å². The Kier molecular flexibility index (Phi) is 21.3. The van der Waals surface area contributed by atoms with E-state index in [0.29, 0.717) is 69.7 Å². The number of carbonyl (C=O) groups excluding carboxylic acids is 1. The van der Waals surface area contributed by atoms with Crippen LogP contribution in [0.1, 0.15) is 154 Å². The summed E-state index contributed by atoms with van der Waals surface area (Å²) in [6, 6.07) is 1.82. The number of aromatic hydroxyl groups is 1. The third-order valence-corrected chi connectivity index (χ3v) is 8.96. The van der Waals surface area contributed by atoms with E-state index < -0.39 is 6.10 Å². The maximum absolute atomic E-state index is 13.1. The number of phenolic OH excluding ortho intramolecular Hbond substituents is 1. The summed E-state index contributed by atoms with van der Waals surface area (Å²) in [5, 5.41) is 12.1. The Hall–Kier alpha value is -1.87. The first-order valence-corrected chi connectivity index (χ1v) is 19.0. The zero-order valence-electron chi connectivity index (χ0n) is 30.9. The second-order valence-electron chi connectivity index (χ2n) is 13.1. The van der Waals surface area contributed by atoms with Gasteiger partial charge in [-0.1, -0.05) is 80.1 Å². The van der Waals surface area contributed by atoms with Crippen LogP contribution in [0.2, 0.25) is 0 Å². The molecule has 1 aromatic carbocycles. The van der Waals surface area contributed by atoms with Gasteiger partial charge in [-0.15, -0.1) is 0 Å². The van der Waals surface area contributed by atoms with Crippen LogP contribution in [0.25, 0.3) is 0 Å². The van der Waals surface area contributed by atoms with E-state index in [2.05, 4.69) is 41.5 Å². The molecule has 0 amide bonds. The molecule has 272 valence electrons. The minimum absolute atomic E-state index is 0.00415. The highest BCUT2D eigenvalue weighted by Crippen LogP contribution is 2.50. The van der Waals surface area contributed by atoms with Crippen molar-refractivity contribution in [3.63, 3.8) is 0 Å². The highest BCUT2D eigenvalue weighted by Gasteiger charge is 2.49. The van der Waals surface area contributed by atoms with Gasteiger partial charge in [-0.2, -0.15) is 0 Å². The van der Waals surface area contributed by atoms with Crippen molar-refractivity contribution in [3.05, 3.63) is 17.2 Å². The molecule has 5 unspecified atom stereocenters. The van der Waals surface area contributed by atoms with E-state index in [1.165, 1.54) is 6.92 Å². The Balaban J connectivity index is 2.77. The van der Waals surface area contributed by atoms with Crippen LogP contribution in [0, 0.1) is 5.92 Å². The predicted octanol–water partition coefficient (Wildman–Crippen LogP) is 9.43. The van der Waals surface area contributed by atoms with E-state index in [9.17, 15) is 9.90 Å². The first kappa shape index (κ1) is 41.3. The highest BCUT2D eigenvalue weighted by molar-refractivity contribution is 6.00. The van der Waals surface area contributed by atoms with Crippen molar-refractivity contribution in [2.24, 2.45) is 5.92 Å². The van der Waals surface area contributed by atoms with Crippen molar-refractivity contribution in [3.8, 4) is 17.2 Å². The molecule has 1 aliphatic carbocycles. The third kappa shape index (κ3) is 13.2. The Morgan fingerprint density at radius 1 is 0.660 bits per heavy atom. The molecule has 1 fully saturated rings. The fraction of sp³-hybridized carbons (Fsp3) is 0.821. The van der Waals surface area contributed by atoms with E-state index in [-0.39, 0.29) is 41.1 Å². The lowest BCUT2D eigenvalue weighted by Gasteiger charge is -2.47. The molecule has 0 heterocycles. The van der Waals surface area contributed by atoms with Gasteiger partial charge in [0, 0.05) is 49.9 Å². The monoisotopic (exact) mass is 664 g/mol. The molecular weight excluding hydrogens is 596 g/mol. The van der Waals surface area contributed by atoms with Gasteiger partial charge in [0.1, 0.15) is 28.9 Å². The number of carbonyl (C=O) groups is 1. The first-order chi connectivity index (χ1) is 22.9. The minimum Gasteiger partial charge on any atom is -0.507 e. The van der Waals surface area contributed by atoms with E-state index in [1.54, 1.807) is 0 Å². The molecule has 8 nitrogen and oxygen atoms in total. The molecule has 1 N–H and O–H groups in total. The van der Waals surface area contributed by atoms with Gasteiger partial charge in [0.15, 0.2) is 5.78 Å². The smallest absolute Gasteiger partial charge is 0.167 e. The van der Waals surface area contributed by atoms with Crippen LogP contribution >= 0.6 is 0 Å². The third-order valence-electron chi connectivity index (χ3n) is 8.96. The topological polar surface area (TPSA) is 92.7 Å². The predicted molar refractivity (Wildman–Crippen MR) is 189 cm³/mol. The van der Waals surface area contributed by atoms with Crippen molar-refractivity contribution in [2.45, 2.75) is 156 Å². The number of benzene rings is 1. The fourth-order valence-corrected chi connectivity index (χ4v) is 6.15. The fourth-order valence-electron chi connectivity index (χ4n) is 6.15. The van der Waals surface area contributed by atoms with Crippen LogP contribution in [0.5, 0.6) is 17.2 Å². The van der Waals surface area contributed by atoms with Gasteiger partial charge in [0.2, 0.25) is 0 Å². The molecule has 0 radical (unpaired) electrons. The molecule has 0 aromatic heterocycles. The van der Waals surface area contributed by atoms with Gasteiger partial charge in [-0.25, -0.2) is 0 Å². The number of Topliss-reactive ketones (excluding diaryl/α,β-unsaturated/α-hetero) is 1. The quantitative estimate of drug-likeness (QED) is 0.0735. The number of hydrogen-bond donors (Lipinski definition) is 1. The maximum Gasteiger partial charge on any atom is 0.167 e. The van der Waals surface area contributed by atoms with Gasteiger partial charge in [0.05, 0.1) is 32.0 Å². The number of unbranched alkanes of at least 4 members (excludes halogenated alkanes) is 6. The molecule has 1 saturated carbocycles. The average molecular weight is 665 g/mol. The summed E-state index contributed by atoms with van der Waals surface area (Å²) in [5.41, 5.74) is 0.803. The largest absolute Gasteiger partial charge is 0.507 e. The van der Waals surface area contributed by atoms with E-state index >= 15 is 0 Å². The lowest BCUT2D eigenvalue weighted by atomic mass is 9.71.